The van der Waals surface area contributed by atoms with Crippen LogP contribution < -0.4 is 0 Å². The van der Waals surface area contributed by atoms with Gasteiger partial charge in [-0.1, -0.05) is 54.6 Å². The average Bonchev–Trinajstić information content (AvgIpc) is 3.30. The topological polar surface area (TPSA) is 69.2 Å². The van der Waals surface area contributed by atoms with Gasteiger partial charge in [0.05, 0.1) is 17.1 Å². The number of nitrogens with zero attached hydrogens (tertiary/aromatic N) is 2. The van der Waals surface area contributed by atoms with E-state index in [1.807, 2.05) is 73.7 Å². The first-order chi connectivity index (χ1) is 13.6. The molecule has 137 valence electrons. The molecule has 2 N–H and O–H groups in total. The number of rotatable bonds is 3. The molecule has 1 aromatic heterocycles. The molecule has 4 aromatic rings. The lowest BCUT2D eigenvalue weighted by atomic mass is 9.92. The Labute approximate surface area is 162 Å². The van der Waals surface area contributed by atoms with Gasteiger partial charge in [-0.05, 0) is 30.7 Å². The number of aromatic amines is 1. The number of nitrogens with one attached hydrogen (secondary N) is 1. The summed E-state index contributed by atoms with van der Waals surface area (Å²) >= 11 is 0. The summed E-state index contributed by atoms with van der Waals surface area (Å²) in [5, 5.41) is 12.0. The van der Waals surface area contributed by atoms with Crippen LogP contribution in [-0.4, -0.2) is 25.9 Å². The van der Waals surface area contributed by atoms with Crippen molar-refractivity contribution in [3.63, 3.8) is 0 Å². The molecule has 0 fully saturated rings. The smallest absolute Gasteiger partial charge is 0.257 e. The largest absolute Gasteiger partial charge is 0.363 e. The normalized spacial score (nSPS) is 19.8. The van der Waals surface area contributed by atoms with Gasteiger partial charge < -0.3 is 10.1 Å². The molecule has 0 saturated heterocycles. The number of H-pyrrole nitrogens is 1. The van der Waals surface area contributed by atoms with Gasteiger partial charge in [0.15, 0.2) is 12.1 Å². The van der Waals surface area contributed by atoms with Crippen molar-refractivity contribution < 1.29 is 9.90 Å². The van der Waals surface area contributed by atoms with Gasteiger partial charge in [-0.25, -0.2) is 4.98 Å². The predicted octanol–water partition coefficient (Wildman–Crippen LogP) is 3.77. The number of hydrogen-bond donors (Lipinski definition) is 2. The fourth-order valence-corrected chi connectivity index (χ4v) is 4.11. The van der Waals surface area contributed by atoms with Crippen molar-refractivity contribution in [1.82, 2.24) is 14.9 Å². The van der Waals surface area contributed by atoms with Gasteiger partial charge in [-0.3, -0.25) is 9.69 Å². The van der Waals surface area contributed by atoms with Crippen LogP contribution in [0.2, 0.25) is 0 Å². The Morgan fingerprint density at radius 3 is 2.64 bits per heavy atom. The number of aromatic nitrogens is 2. The van der Waals surface area contributed by atoms with Crippen LogP contribution in [0, 0.1) is 6.33 Å². The SMILES string of the molecule is C[C@@H](c1ccccc1)N1C(=O)c2ccccc2C1(O)c1ccc2[nH][c]nc2c1. The van der Waals surface area contributed by atoms with Crippen LogP contribution in [0.5, 0.6) is 0 Å². The molecule has 0 saturated carbocycles. The quantitative estimate of drug-likeness (QED) is 0.578. The lowest BCUT2D eigenvalue weighted by Crippen LogP contribution is -2.46. The van der Waals surface area contributed by atoms with E-state index in [1.165, 1.54) is 0 Å². The second kappa shape index (κ2) is 6.04. The van der Waals surface area contributed by atoms with Crippen molar-refractivity contribution in [2.45, 2.75) is 18.7 Å². The Morgan fingerprint density at radius 1 is 1.07 bits per heavy atom. The Morgan fingerprint density at radius 2 is 1.82 bits per heavy atom. The fourth-order valence-electron chi connectivity index (χ4n) is 4.11. The van der Waals surface area contributed by atoms with Crippen LogP contribution in [0.4, 0.5) is 0 Å². The van der Waals surface area contributed by atoms with Crippen LogP contribution in [0.1, 0.15) is 40.0 Å². The van der Waals surface area contributed by atoms with E-state index in [4.69, 9.17) is 0 Å². The van der Waals surface area contributed by atoms with Crippen molar-refractivity contribution in [2.24, 2.45) is 0 Å². The lowest BCUT2D eigenvalue weighted by molar-refractivity contribution is -0.0676. The third kappa shape index (κ3) is 2.23. The van der Waals surface area contributed by atoms with Gasteiger partial charge in [0, 0.05) is 16.7 Å². The van der Waals surface area contributed by atoms with E-state index < -0.39 is 5.72 Å². The van der Waals surface area contributed by atoms with Gasteiger partial charge in [0.2, 0.25) is 0 Å². The highest BCUT2D eigenvalue weighted by Crippen LogP contribution is 2.46. The second-order valence-corrected chi connectivity index (χ2v) is 7.06. The van der Waals surface area contributed by atoms with Gasteiger partial charge in [0.25, 0.3) is 5.91 Å². The van der Waals surface area contributed by atoms with Crippen molar-refractivity contribution in [1.29, 1.82) is 0 Å². The number of imidazole rings is 1. The number of amides is 1. The molecule has 5 heteroatoms. The van der Waals surface area contributed by atoms with Gasteiger partial charge >= 0.3 is 0 Å². The van der Waals surface area contributed by atoms with Crippen molar-refractivity contribution in [3.05, 3.63) is 101 Å². The third-order valence-corrected chi connectivity index (χ3v) is 5.54. The molecule has 0 spiro atoms. The number of carbonyl (C=O) groups is 1. The van der Waals surface area contributed by atoms with Crippen molar-refractivity contribution >= 4 is 16.9 Å². The summed E-state index contributed by atoms with van der Waals surface area (Å²) in [6, 6.07) is 22.1. The summed E-state index contributed by atoms with van der Waals surface area (Å²) in [6.45, 7) is 1.94. The summed E-state index contributed by atoms with van der Waals surface area (Å²) in [7, 11) is 0. The monoisotopic (exact) mass is 368 g/mol. The highest BCUT2D eigenvalue weighted by atomic mass is 16.3. The summed E-state index contributed by atoms with van der Waals surface area (Å²) in [5.41, 5.74) is 2.58. The van der Waals surface area contributed by atoms with Gasteiger partial charge in [-0.2, -0.15) is 0 Å². The predicted molar refractivity (Wildman–Crippen MR) is 105 cm³/mol. The first kappa shape index (κ1) is 16.7. The minimum Gasteiger partial charge on any atom is -0.363 e. The number of carbonyl (C=O) groups excluding carboxylic acids is 1. The van der Waals surface area contributed by atoms with Crippen molar-refractivity contribution in [2.75, 3.05) is 0 Å². The molecular formula is C23H18N3O2. The fraction of sp³-hybridized carbons (Fsp3) is 0.130. The maximum Gasteiger partial charge on any atom is 0.257 e. The van der Waals surface area contributed by atoms with Gasteiger partial charge in [-0.15, -0.1) is 0 Å². The highest BCUT2D eigenvalue weighted by Gasteiger charge is 2.51. The van der Waals surface area contributed by atoms with E-state index in [9.17, 15) is 9.90 Å². The molecule has 3 aromatic carbocycles. The van der Waals surface area contributed by atoms with Crippen LogP contribution in [0.25, 0.3) is 11.0 Å². The second-order valence-electron chi connectivity index (χ2n) is 7.06. The lowest BCUT2D eigenvalue weighted by Gasteiger charge is -2.39. The van der Waals surface area contributed by atoms with E-state index in [-0.39, 0.29) is 11.9 Å². The molecule has 5 rings (SSSR count). The van der Waals surface area contributed by atoms with Crippen LogP contribution in [0.15, 0.2) is 72.8 Å². The molecule has 1 aliphatic heterocycles. The average molecular weight is 368 g/mol. The molecule has 1 unspecified atom stereocenters. The molecule has 2 atom stereocenters. The van der Waals surface area contributed by atoms with E-state index >= 15 is 0 Å². The highest BCUT2D eigenvalue weighted by molar-refractivity contribution is 6.00. The molecule has 1 amide bonds. The molecule has 28 heavy (non-hydrogen) atoms. The number of hydrogen-bond acceptors (Lipinski definition) is 3. The zero-order valence-electron chi connectivity index (χ0n) is 15.3. The van der Waals surface area contributed by atoms with E-state index in [1.54, 1.807) is 11.0 Å². The van der Waals surface area contributed by atoms with E-state index in [0.717, 1.165) is 11.1 Å². The van der Waals surface area contributed by atoms with Crippen LogP contribution in [0.3, 0.4) is 0 Å². The zero-order chi connectivity index (χ0) is 19.3. The minimum absolute atomic E-state index is 0.192. The Kier molecular flexibility index (Phi) is 3.60. The number of aliphatic hydroxyl groups is 1. The van der Waals surface area contributed by atoms with E-state index in [0.29, 0.717) is 22.2 Å². The number of fused-ring (bicyclic) bond motifs is 2. The maximum absolute atomic E-state index is 13.4. The van der Waals surface area contributed by atoms with Crippen LogP contribution in [-0.2, 0) is 5.72 Å². The van der Waals surface area contributed by atoms with E-state index in [2.05, 4.69) is 16.3 Å². The molecule has 1 radical (unpaired) electrons. The van der Waals surface area contributed by atoms with Crippen molar-refractivity contribution in [3.8, 4) is 0 Å². The Bertz CT molecular complexity index is 1180. The Hall–Kier alpha value is -3.44. The third-order valence-electron chi connectivity index (χ3n) is 5.54. The minimum atomic E-state index is -1.59. The maximum atomic E-state index is 13.4. The first-order valence-corrected chi connectivity index (χ1v) is 9.17. The zero-order valence-corrected chi connectivity index (χ0v) is 15.3. The first-order valence-electron chi connectivity index (χ1n) is 9.17. The standard InChI is InChI=1S/C23H18N3O2/c1-15(16-7-3-2-4-8-16)26-22(27)18-9-5-6-10-19(18)23(26,28)17-11-12-20-21(13-17)25-14-24-20/h2-13,15,28H,1H3,(H,24,25)/t15-,23?/m0/s1. The van der Waals surface area contributed by atoms with Crippen LogP contribution >= 0.6 is 0 Å². The molecule has 2 heterocycles. The molecule has 0 aliphatic carbocycles. The summed E-state index contributed by atoms with van der Waals surface area (Å²) < 4.78 is 0. The number of benzene rings is 3. The summed E-state index contributed by atoms with van der Waals surface area (Å²) in [4.78, 5) is 22.0. The Balaban J connectivity index is 1.74. The molecular weight excluding hydrogens is 350 g/mol. The summed E-state index contributed by atoms with van der Waals surface area (Å²) in [5.74, 6) is -0.192. The molecule has 5 nitrogen and oxygen atoms in total. The molecule has 1 aliphatic rings. The molecule has 0 bridgehead atoms. The summed E-state index contributed by atoms with van der Waals surface area (Å²) in [6.07, 6.45) is 2.72. The van der Waals surface area contributed by atoms with Gasteiger partial charge in [0.1, 0.15) is 0 Å².